The van der Waals surface area contributed by atoms with Crippen LogP contribution in [0.25, 0.3) is 0 Å². The van der Waals surface area contributed by atoms with Crippen LogP contribution in [-0.2, 0) is 4.84 Å². The molecule has 0 N–H and O–H groups in total. The van der Waals surface area contributed by atoms with Gasteiger partial charge in [-0.1, -0.05) is 6.08 Å². The molecule has 0 amide bonds. The van der Waals surface area contributed by atoms with E-state index in [0.717, 1.165) is 0 Å². The summed E-state index contributed by atoms with van der Waals surface area (Å²) in [6.45, 7) is 3.75. The van der Waals surface area contributed by atoms with Crippen molar-refractivity contribution in [3.63, 3.8) is 0 Å². The van der Waals surface area contributed by atoms with Gasteiger partial charge in [0.05, 0.1) is 0 Å². The minimum atomic E-state index is 0.340. The minimum Gasteiger partial charge on any atom is -0.364 e. The second kappa shape index (κ2) is 5.14. The Kier molecular flexibility index (Phi) is 4.51. The summed E-state index contributed by atoms with van der Waals surface area (Å²) in [5.41, 5.74) is 0. The van der Waals surface area contributed by atoms with Gasteiger partial charge in [0.1, 0.15) is 6.61 Å². The third-order valence-electron chi connectivity index (χ3n) is 0.466. The van der Waals surface area contributed by atoms with Crippen molar-refractivity contribution in [2.45, 2.75) is 6.42 Å². The molecule has 0 aromatic heterocycles. The first-order chi connectivity index (χ1) is 3.41. The van der Waals surface area contributed by atoms with Crippen LogP contribution in [0.3, 0.4) is 0 Å². The van der Waals surface area contributed by atoms with Gasteiger partial charge < -0.3 is 4.84 Å². The van der Waals surface area contributed by atoms with Crippen LogP contribution in [0.2, 0.25) is 0 Å². The molecule has 0 rings (SSSR count). The van der Waals surface area contributed by atoms with Crippen molar-refractivity contribution in [2.24, 2.45) is 5.34 Å². The Balaban J connectivity index is 2.68. The SMILES string of the molecule is C=CCCON=O. The van der Waals surface area contributed by atoms with Gasteiger partial charge in [-0.15, -0.1) is 11.5 Å². The molecule has 0 fully saturated rings. The molecule has 3 nitrogen and oxygen atoms in total. The van der Waals surface area contributed by atoms with Crippen LogP contribution in [0, 0.1) is 4.91 Å². The van der Waals surface area contributed by atoms with E-state index in [9.17, 15) is 4.91 Å². The fourth-order valence-electron chi connectivity index (χ4n) is 0.173. The molecule has 0 aromatic carbocycles. The summed E-state index contributed by atoms with van der Waals surface area (Å²) in [5.74, 6) is 0. The normalized spacial score (nSPS) is 7.43. The Morgan fingerprint density at radius 2 is 2.57 bits per heavy atom. The molecule has 0 aliphatic rings. The molecule has 0 aliphatic heterocycles. The fraction of sp³-hybridized carbons (Fsp3) is 0.500. The van der Waals surface area contributed by atoms with Crippen molar-refractivity contribution in [2.75, 3.05) is 6.61 Å². The summed E-state index contributed by atoms with van der Waals surface area (Å²) in [6.07, 6.45) is 2.33. The molecule has 0 spiro atoms. The van der Waals surface area contributed by atoms with Gasteiger partial charge in [0.15, 0.2) is 5.34 Å². The topological polar surface area (TPSA) is 38.7 Å². The molecule has 0 bridgehead atoms. The van der Waals surface area contributed by atoms with Crippen molar-refractivity contribution < 1.29 is 4.84 Å². The molecular weight excluding hydrogens is 94.0 g/mol. The molecule has 0 aromatic rings. The first kappa shape index (κ1) is 6.14. The third kappa shape index (κ3) is 5.14. The number of nitrogens with zero attached hydrogens (tertiary/aromatic N) is 1. The predicted molar refractivity (Wildman–Crippen MR) is 26.6 cm³/mol. The van der Waals surface area contributed by atoms with Crippen molar-refractivity contribution in [1.29, 1.82) is 0 Å². The highest BCUT2D eigenvalue weighted by atomic mass is 16.7. The molecule has 3 heteroatoms. The maximum Gasteiger partial charge on any atom is 0.155 e. The highest BCUT2D eigenvalue weighted by Crippen LogP contribution is 1.80. The van der Waals surface area contributed by atoms with E-state index in [4.69, 9.17) is 0 Å². The van der Waals surface area contributed by atoms with E-state index in [2.05, 4.69) is 16.8 Å². The van der Waals surface area contributed by atoms with Crippen LogP contribution in [0.15, 0.2) is 18.0 Å². The van der Waals surface area contributed by atoms with E-state index >= 15 is 0 Å². The zero-order chi connectivity index (χ0) is 5.54. The molecule has 0 heterocycles. The quantitative estimate of drug-likeness (QED) is 0.231. The summed E-state index contributed by atoms with van der Waals surface area (Å²) in [6, 6.07) is 0. The van der Waals surface area contributed by atoms with Gasteiger partial charge in [0.2, 0.25) is 0 Å². The van der Waals surface area contributed by atoms with Gasteiger partial charge in [0, 0.05) is 6.42 Å². The zero-order valence-electron chi connectivity index (χ0n) is 3.96. The second-order valence-electron chi connectivity index (χ2n) is 0.985. The van der Waals surface area contributed by atoms with E-state index in [1.165, 1.54) is 0 Å². The maximum atomic E-state index is 9.17. The molecule has 0 radical (unpaired) electrons. The summed E-state index contributed by atoms with van der Waals surface area (Å²) < 4.78 is 0. The summed E-state index contributed by atoms with van der Waals surface area (Å²) in [7, 11) is 0. The Bertz CT molecular complexity index is 54.7. The molecule has 40 valence electrons. The van der Waals surface area contributed by atoms with E-state index in [0.29, 0.717) is 13.0 Å². The first-order valence-electron chi connectivity index (χ1n) is 1.97. The van der Waals surface area contributed by atoms with Crippen molar-refractivity contribution in [3.05, 3.63) is 17.6 Å². The lowest BCUT2D eigenvalue weighted by atomic mass is 10.5. The Labute approximate surface area is 41.9 Å². The van der Waals surface area contributed by atoms with Gasteiger partial charge in [-0.25, -0.2) is 0 Å². The highest BCUT2D eigenvalue weighted by molar-refractivity contribution is 4.64. The van der Waals surface area contributed by atoms with Crippen LogP contribution < -0.4 is 0 Å². The summed E-state index contributed by atoms with van der Waals surface area (Å²) in [4.78, 5) is 13.2. The number of hydrogen-bond donors (Lipinski definition) is 0. The van der Waals surface area contributed by atoms with E-state index in [-0.39, 0.29) is 0 Å². The lowest BCUT2D eigenvalue weighted by Crippen LogP contribution is -1.80. The fourth-order valence-corrected chi connectivity index (χ4v) is 0.173. The van der Waals surface area contributed by atoms with Gasteiger partial charge in [-0.3, -0.25) is 0 Å². The van der Waals surface area contributed by atoms with Crippen LogP contribution >= 0.6 is 0 Å². The molecule has 0 aliphatic carbocycles. The average molecular weight is 101 g/mol. The monoisotopic (exact) mass is 101 g/mol. The third-order valence-corrected chi connectivity index (χ3v) is 0.466. The van der Waals surface area contributed by atoms with Crippen LogP contribution in [0.5, 0.6) is 0 Å². The second-order valence-corrected chi connectivity index (χ2v) is 0.985. The van der Waals surface area contributed by atoms with Crippen LogP contribution in [0.1, 0.15) is 6.42 Å². The molecule has 0 saturated heterocycles. The van der Waals surface area contributed by atoms with Gasteiger partial charge in [0.25, 0.3) is 0 Å². The van der Waals surface area contributed by atoms with Crippen molar-refractivity contribution in [3.8, 4) is 0 Å². The molecule has 0 unspecified atom stereocenters. The minimum absolute atomic E-state index is 0.340. The lowest BCUT2D eigenvalue weighted by molar-refractivity contribution is 0.144. The number of hydrogen-bond acceptors (Lipinski definition) is 3. The van der Waals surface area contributed by atoms with Crippen molar-refractivity contribution in [1.82, 2.24) is 0 Å². The average Bonchev–Trinajstić information content (AvgIpc) is 1.69. The zero-order valence-corrected chi connectivity index (χ0v) is 3.96. The van der Waals surface area contributed by atoms with Gasteiger partial charge >= 0.3 is 0 Å². The van der Waals surface area contributed by atoms with Gasteiger partial charge in [-0.05, 0) is 0 Å². The lowest BCUT2D eigenvalue weighted by Gasteiger charge is -1.85. The number of rotatable bonds is 4. The van der Waals surface area contributed by atoms with Crippen LogP contribution in [0.4, 0.5) is 0 Å². The summed E-state index contributed by atoms with van der Waals surface area (Å²) >= 11 is 0. The standard InChI is InChI=1S/C4H7NO2/c1-2-3-4-7-5-6/h2H,1,3-4H2. The Morgan fingerprint density at radius 1 is 1.86 bits per heavy atom. The largest absolute Gasteiger partial charge is 0.364 e. The molecule has 0 saturated carbocycles. The molecular formula is C4H7NO2. The van der Waals surface area contributed by atoms with Gasteiger partial charge in [-0.2, -0.15) is 0 Å². The van der Waals surface area contributed by atoms with E-state index in [1.807, 2.05) is 0 Å². The van der Waals surface area contributed by atoms with E-state index < -0.39 is 0 Å². The van der Waals surface area contributed by atoms with Crippen LogP contribution in [-0.4, -0.2) is 6.61 Å². The molecule has 0 atom stereocenters. The highest BCUT2D eigenvalue weighted by Gasteiger charge is 1.76. The smallest absolute Gasteiger partial charge is 0.155 e. The van der Waals surface area contributed by atoms with Crippen molar-refractivity contribution >= 4 is 0 Å². The Hall–Kier alpha value is -0.860. The summed E-state index contributed by atoms with van der Waals surface area (Å²) in [5, 5.41) is 2.18. The maximum absolute atomic E-state index is 9.17. The Morgan fingerprint density at radius 3 is 3.00 bits per heavy atom. The first-order valence-corrected chi connectivity index (χ1v) is 1.97. The van der Waals surface area contributed by atoms with E-state index in [1.54, 1.807) is 6.08 Å². The molecule has 7 heavy (non-hydrogen) atoms. The predicted octanol–water partition coefficient (Wildman–Crippen LogP) is 1.26.